The van der Waals surface area contributed by atoms with Gasteiger partial charge in [-0.05, 0) is 116 Å². The molecule has 0 bridgehead atoms. The van der Waals surface area contributed by atoms with Crippen LogP contribution in [0, 0.1) is 0 Å². The van der Waals surface area contributed by atoms with Gasteiger partial charge in [-0.2, -0.15) is 0 Å². The molecule has 0 amide bonds. The van der Waals surface area contributed by atoms with Gasteiger partial charge in [-0.3, -0.25) is 14.4 Å². The molecule has 0 aromatic carbocycles. The summed E-state index contributed by atoms with van der Waals surface area (Å²) in [5, 5.41) is 0. The van der Waals surface area contributed by atoms with Gasteiger partial charge in [-0.15, -0.1) is 0 Å². The minimum Gasteiger partial charge on any atom is -0.462 e. The lowest BCUT2D eigenvalue weighted by molar-refractivity contribution is -0.167. The Morgan fingerprint density at radius 2 is 0.487 bits per heavy atom. The molecule has 0 aromatic heterocycles. The fraction of sp³-hybridized carbons (Fsp3) is 0.689. The molecule has 0 saturated carbocycles. The summed E-state index contributed by atoms with van der Waals surface area (Å²) in [6, 6.07) is 0. The number of allylic oxidation sites excluding steroid dienone is 20. The summed E-state index contributed by atoms with van der Waals surface area (Å²) < 4.78 is 16.9. The van der Waals surface area contributed by atoms with Crippen molar-refractivity contribution in [2.24, 2.45) is 0 Å². The number of hydrogen-bond donors (Lipinski definition) is 0. The van der Waals surface area contributed by atoms with Crippen LogP contribution in [0.5, 0.6) is 0 Å². The second-order valence-electron chi connectivity index (χ2n) is 22.0. The van der Waals surface area contributed by atoms with Gasteiger partial charge in [0.15, 0.2) is 6.10 Å². The fourth-order valence-corrected chi connectivity index (χ4v) is 9.20. The molecule has 80 heavy (non-hydrogen) atoms. The quantitative estimate of drug-likeness (QED) is 0.0261. The predicted molar refractivity (Wildman–Crippen MR) is 348 cm³/mol. The summed E-state index contributed by atoms with van der Waals surface area (Å²) in [6.07, 6.45) is 93.5. The highest BCUT2D eigenvalue weighted by atomic mass is 16.6. The molecule has 0 saturated heterocycles. The monoisotopic (exact) mass is 1110 g/mol. The largest absolute Gasteiger partial charge is 0.462 e. The molecule has 0 rings (SSSR count). The van der Waals surface area contributed by atoms with Gasteiger partial charge in [0.25, 0.3) is 0 Å². The van der Waals surface area contributed by atoms with Crippen LogP contribution in [0.25, 0.3) is 0 Å². The highest BCUT2D eigenvalue weighted by molar-refractivity contribution is 5.71. The van der Waals surface area contributed by atoms with Crippen molar-refractivity contribution >= 4 is 17.9 Å². The number of rotatable bonds is 60. The first-order valence-corrected chi connectivity index (χ1v) is 33.5. The molecule has 456 valence electrons. The van der Waals surface area contributed by atoms with Crippen molar-refractivity contribution < 1.29 is 28.6 Å². The first-order chi connectivity index (χ1) is 39.5. The van der Waals surface area contributed by atoms with Crippen LogP contribution in [0.3, 0.4) is 0 Å². The van der Waals surface area contributed by atoms with E-state index in [0.717, 1.165) is 116 Å². The summed E-state index contributed by atoms with van der Waals surface area (Å²) in [5.74, 6) is -0.934. The van der Waals surface area contributed by atoms with Crippen molar-refractivity contribution in [2.75, 3.05) is 13.2 Å². The molecule has 0 heterocycles. The lowest BCUT2D eigenvalue weighted by atomic mass is 10.0. The smallest absolute Gasteiger partial charge is 0.306 e. The van der Waals surface area contributed by atoms with Crippen molar-refractivity contribution in [1.82, 2.24) is 0 Å². The van der Waals surface area contributed by atoms with Gasteiger partial charge in [0, 0.05) is 19.3 Å². The van der Waals surface area contributed by atoms with Crippen LogP contribution in [-0.4, -0.2) is 37.2 Å². The molecular weight excluding hydrogens is 985 g/mol. The fourth-order valence-electron chi connectivity index (χ4n) is 9.20. The molecule has 0 aliphatic heterocycles. The van der Waals surface area contributed by atoms with Gasteiger partial charge in [0.05, 0.1) is 0 Å². The summed E-state index contributed by atoms with van der Waals surface area (Å²) in [7, 11) is 0. The molecule has 0 aliphatic carbocycles. The maximum atomic E-state index is 12.9. The average Bonchev–Trinajstić information content (AvgIpc) is 3.46. The van der Waals surface area contributed by atoms with Crippen molar-refractivity contribution in [2.45, 2.75) is 316 Å². The Balaban J connectivity index is 4.44. The Labute approximate surface area is 494 Å². The summed E-state index contributed by atoms with van der Waals surface area (Å²) in [6.45, 7) is 6.50. The van der Waals surface area contributed by atoms with Crippen LogP contribution in [-0.2, 0) is 28.6 Å². The summed E-state index contributed by atoms with van der Waals surface area (Å²) in [5.41, 5.74) is 0. The first-order valence-electron chi connectivity index (χ1n) is 33.5. The van der Waals surface area contributed by atoms with Crippen LogP contribution < -0.4 is 0 Å². The van der Waals surface area contributed by atoms with Crippen LogP contribution in [0.1, 0.15) is 310 Å². The average molecular weight is 1110 g/mol. The number of carbonyl (C=O) groups excluding carboxylic acids is 3. The second-order valence-corrected chi connectivity index (χ2v) is 22.0. The first kappa shape index (κ1) is 75.8. The number of unbranched alkanes of at least 4 members (excludes halogenated alkanes) is 29. The molecule has 0 fully saturated rings. The Hall–Kier alpha value is -4.19. The Kier molecular flexibility index (Phi) is 63.8. The number of ether oxygens (including phenoxy) is 3. The zero-order chi connectivity index (χ0) is 57.8. The van der Waals surface area contributed by atoms with E-state index in [-0.39, 0.29) is 31.1 Å². The highest BCUT2D eigenvalue weighted by Crippen LogP contribution is 2.16. The van der Waals surface area contributed by atoms with Gasteiger partial charge >= 0.3 is 17.9 Å². The van der Waals surface area contributed by atoms with Crippen LogP contribution in [0.4, 0.5) is 0 Å². The van der Waals surface area contributed by atoms with Gasteiger partial charge in [0.1, 0.15) is 13.2 Å². The zero-order valence-electron chi connectivity index (χ0n) is 52.3. The van der Waals surface area contributed by atoms with Crippen molar-refractivity contribution in [3.05, 3.63) is 122 Å². The third-order valence-electron chi connectivity index (χ3n) is 14.2. The van der Waals surface area contributed by atoms with Crippen LogP contribution >= 0.6 is 0 Å². The molecule has 0 aliphatic rings. The molecule has 6 heteroatoms. The SMILES string of the molecule is CC/C=C\C/C=C\C/C=C\C/C=C\C/C=C\C/C=C\C/C=C\C/C=C\CCCCC(=O)OCC(COC(=O)CCCCCCCCCCCCCCCC)OC(=O)CCCCCCCCCCC/C=C\C/C=C\CCCCCCC. The minimum absolute atomic E-state index is 0.0932. The minimum atomic E-state index is -0.802. The van der Waals surface area contributed by atoms with E-state index in [9.17, 15) is 14.4 Å². The number of hydrogen-bond acceptors (Lipinski definition) is 6. The molecule has 0 spiro atoms. The summed E-state index contributed by atoms with van der Waals surface area (Å²) >= 11 is 0. The Morgan fingerprint density at radius 1 is 0.263 bits per heavy atom. The number of esters is 3. The standard InChI is InChI=1S/C74H124O6/c1-4-7-10-13-16-19-22-25-28-30-32-34-35-36-37-38-39-41-42-44-46-49-52-55-58-61-64-67-73(76)79-70-71(69-78-72(75)66-63-60-57-54-51-48-27-24-21-18-15-12-9-6-3)80-74(77)68-65-62-59-56-53-50-47-45-43-40-33-31-29-26-23-20-17-14-11-8-5-2/h7,10,16,19,23,25-26,28,31-34,36-37,39,41,44,46,52,55,71H,4-6,8-9,11-15,17-18,20-22,24,27,29-30,35,38,40,42-43,45,47-51,53-54,56-70H2,1-3H3/b10-7-,19-16-,26-23-,28-25-,33-31-,34-32-,37-36-,41-39-,46-44-,55-52-. The predicted octanol–water partition coefficient (Wildman–Crippen LogP) is 23.2. The topological polar surface area (TPSA) is 78.9 Å². The Morgan fingerprint density at radius 3 is 0.787 bits per heavy atom. The Bertz CT molecular complexity index is 1650. The lowest BCUT2D eigenvalue weighted by Gasteiger charge is -2.18. The molecule has 1 atom stereocenters. The van der Waals surface area contributed by atoms with E-state index in [2.05, 4.69) is 142 Å². The molecule has 0 N–H and O–H groups in total. The maximum Gasteiger partial charge on any atom is 0.306 e. The van der Waals surface area contributed by atoms with Crippen molar-refractivity contribution in [3.8, 4) is 0 Å². The normalized spacial score (nSPS) is 12.9. The van der Waals surface area contributed by atoms with Gasteiger partial charge in [-0.25, -0.2) is 0 Å². The van der Waals surface area contributed by atoms with E-state index in [1.165, 1.54) is 154 Å². The maximum absolute atomic E-state index is 12.9. The molecule has 0 radical (unpaired) electrons. The molecule has 1 unspecified atom stereocenters. The van der Waals surface area contributed by atoms with Crippen LogP contribution in [0.2, 0.25) is 0 Å². The lowest BCUT2D eigenvalue weighted by Crippen LogP contribution is -2.30. The van der Waals surface area contributed by atoms with Crippen molar-refractivity contribution in [1.29, 1.82) is 0 Å². The second kappa shape index (κ2) is 67.3. The molecule has 0 aromatic rings. The van der Waals surface area contributed by atoms with E-state index in [1.807, 2.05) is 0 Å². The van der Waals surface area contributed by atoms with Gasteiger partial charge in [0.2, 0.25) is 0 Å². The van der Waals surface area contributed by atoms with Crippen LogP contribution in [0.15, 0.2) is 122 Å². The van der Waals surface area contributed by atoms with Gasteiger partial charge in [-0.1, -0.05) is 296 Å². The van der Waals surface area contributed by atoms with Crippen molar-refractivity contribution in [3.63, 3.8) is 0 Å². The summed E-state index contributed by atoms with van der Waals surface area (Å²) in [4.78, 5) is 38.4. The number of carbonyl (C=O) groups is 3. The molecular formula is C74H124O6. The third kappa shape index (κ3) is 64.6. The van der Waals surface area contributed by atoms with E-state index >= 15 is 0 Å². The van der Waals surface area contributed by atoms with E-state index < -0.39 is 6.10 Å². The zero-order valence-corrected chi connectivity index (χ0v) is 52.3. The van der Waals surface area contributed by atoms with E-state index in [1.54, 1.807) is 0 Å². The van der Waals surface area contributed by atoms with Gasteiger partial charge < -0.3 is 14.2 Å². The molecule has 6 nitrogen and oxygen atoms in total. The van der Waals surface area contributed by atoms with E-state index in [0.29, 0.717) is 19.3 Å². The third-order valence-corrected chi connectivity index (χ3v) is 14.2. The van der Waals surface area contributed by atoms with E-state index in [4.69, 9.17) is 14.2 Å². The highest BCUT2D eigenvalue weighted by Gasteiger charge is 2.19.